The molecule has 2 aliphatic heterocycles. The summed E-state index contributed by atoms with van der Waals surface area (Å²) in [6, 6.07) is -0.526. The van der Waals surface area contributed by atoms with Gasteiger partial charge >= 0.3 is 0 Å². The molecule has 7 nitrogen and oxygen atoms in total. The van der Waals surface area contributed by atoms with Crippen molar-refractivity contribution in [3.8, 4) is 0 Å². The van der Waals surface area contributed by atoms with Crippen molar-refractivity contribution in [1.29, 1.82) is 0 Å². The van der Waals surface area contributed by atoms with Crippen molar-refractivity contribution < 1.29 is 13.2 Å². The maximum Gasteiger partial charge on any atom is 0.280 e. The lowest BCUT2D eigenvalue weighted by atomic mass is 10.2. The molecule has 2 rings (SSSR count). The van der Waals surface area contributed by atoms with E-state index >= 15 is 0 Å². The first kappa shape index (κ1) is 14.7. The molecule has 2 heterocycles. The van der Waals surface area contributed by atoms with E-state index in [4.69, 9.17) is 0 Å². The molecule has 8 heteroatoms. The van der Waals surface area contributed by atoms with Crippen molar-refractivity contribution in [2.75, 3.05) is 39.3 Å². The summed E-state index contributed by atoms with van der Waals surface area (Å²) < 4.78 is 27.9. The van der Waals surface area contributed by atoms with Crippen molar-refractivity contribution in [1.82, 2.24) is 19.2 Å². The minimum absolute atomic E-state index is 0.0551. The number of hydrogen-bond donors (Lipinski definition) is 2. The van der Waals surface area contributed by atoms with E-state index in [9.17, 15) is 13.2 Å². The number of hydrogen-bond acceptors (Lipinski definition) is 4. The molecule has 2 fully saturated rings. The molecule has 1 amide bonds. The summed E-state index contributed by atoms with van der Waals surface area (Å²) >= 11 is 0. The monoisotopic (exact) mass is 290 g/mol. The molecular formula is C11H22N4O3S. The fraction of sp³-hybridized carbons (Fsp3) is 0.909. The molecule has 2 N–H and O–H groups in total. The summed E-state index contributed by atoms with van der Waals surface area (Å²) in [5.74, 6) is -0.0551. The van der Waals surface area contributed by atoms with Gasteiger partial charge in [0.2, 0.25) is 5.91 Å². The van der Waals surface area contributed by atoms with Gasteiger partial charge in [-0.3, -0.25) is 4.79 Å². The van der Waals surface area contributed by atoms with Crippen LogP contribution in [0.15, 0.2) is 0 Å². The summed E-state index contributed by atoms with van der Waals surface area (Å²) in [5, 5.41) is 3.18. The predicted molar refractivity (Wildman–Crippen MR) is 71.8 cm³/mol. The molecule has 0 aliphatic carbocycles. The van der Waals surface area contributed by atoms with Crippen LogP contribution < -0.4 is 10.0 Å². The molecule has 2 aliphatic rings. The quantitative estimate of drug-likeness (QED) is 0.677. The van der Waals surface area contributed by atoms with Crippen LogP contribution in [-0.4, -0.2) is 68.8 Å². The Balaban J connectivity index is 2.07. The van der Waals surface area contributed by atoms with E-state index in [2.05, 4.69) is 10.0 Å². The fourth-order valence-corrected chi connectivity index (χ4v) is 4.07. The summed E-state index contributed by atoms with van der Waals surface area (Å²) in [7, 11) is -3.52. The van der Waals surface area contributed by atoms with Crippen LogP contribution >= 0.6 is 0 Å². The predicted octanol–water partition coefficient (Wildman–Crippen LogP) is -1.26. The lowest BCUT2D eigenvalue weighted by molar-refractivity contribution is -0.135. The first-order chi connectivity index (χ1) is 9.06. The summed E-state index contributed by atoms with van der Waals surface area (Å²) in [6.45, 7) is 5.37. The molecule has 0 radical (unpaired) electrons. The standard InChI is InChI=1S/C11H22N4O3S/c1-2-13-19(17,18)15-7-3-4-10(15)11(16)14-8-5-12-6-9-14/h10,12-13H,2-9H2,1H3. The Labute approximate surface area is 114 Å². The van der Waals surface area contributed by atoms with E-state index in [1.807, 2.05) is 0 Å². The Kier molecular flexibility index (Phi) is 4.77. The van der Waals surface area contributed by atoms with Gasteiger partial charge in [-0.05, 0) is 12.8 Å². The van der Waals surface area contributed by atoms with Gasteiger partial charge in [-0.1, -0.05) is 6.92 Å². The van der Waals surface area contributed by atoms with E-state index in [1.165, 1.54) is 4.31 Å². The van der Waals surface area contributed by atoms with Crippen LogP contribution in [0.25, 0.3) is 0 Å². The molecule has 1 unspecified atom stereocenters. The zero-order chi connectivity index (χ0) is 13.9. The largest absolute Gasteiger partial charge is 0.339 e. The van der Waals surface area contributed by atoms with E-state index in [-0.39, 0.29) is 5.91 Å². The van der Waals surface area contributed by atoms with Gasteiger partial charge in [0.15, 0.2) is 0 Å². The Morgan fingerprint density at radius 1 is 1.32 bits per heavy atom. The molecule has 110 valence electrons. The Morgan fingerprint density at radius 3 is 2.63 bits per heavy atom. The van der Waals surface area contributed by atoms with Crippen molar-refractivity contribution in [3.63, 3.8) is 0 Å². The van der Waals surface area contributed by atoms with Crippen LogP contribution in [0.4, 0.5) is 0 Å². The van der Waals surface area contributed by atoms with Gasteiger partial charge in [0.05, 0.1) is 0 Å². The smallest absolute Gasteiger partial charge is 0.280 e. The van der Waals surface area contributed by atoms with Gasteiger partial charge in [0.25, 0.3) is 10.2 Å². The van der Waals surface area contributed by atoms with E-state index < -0.39 is 16.3 Å². The van der Waals surface area contributed by atoms with Crippen LogP contribution in [0.5, 0.6) is 0 Å². The molecule has 1 atom stereocenters. The van der Waals surface area contributed by atoms with Crippen molar-refractivity contribution in [2.24, 2.45) is 0 Å². The molecule has 0 aromatic heterocycles. The average Bonchev–Trinajstić information content (AvgIpc) is 2.89. The van der Waals surface area contributed by atoms with Crippen LogP contribution in [0.3, 0.4) is 0 Å². The topological polar surface area (TPSA) is 81.8 Å². The van der Waals surface area contributed by atoms with Crippen molar-refractivity contribution in [3.05, 3.63) is 0 Å². The molecule has 0 bridgehead atoms. The molecule has 2 saturated heterocycles. The first-order valence-electron chi connectivity index (χ1n) is 6.82. The number of nitrogens with zero attached hydrogens (tertiary/aromatic N) is 2. The third-order valence-electron chi connectivity index (χ3n) is 3.55. The van der Waals surface area contributed by atoms with Gasteiger partial charge in [-0.15, -0.1) is 0 Å². The highest BCUT2D eigenvalue weighted by Gasteiger charge is 2.40. The Bertz CT molecular complexity index is 420. The van der Waals surface area contributed by atoms with Crippen molar-refractivity contribution >= 4 is 16.1 Å². The normalized spacial score (nSPS) is 25.7. The second-order valence-electron chi connectivity index (χ2n) is 4.85. The molecule has 0 spiro atoms. The van der Waals surface area contributed by atoms with Crippen LogP contribution in [0.2, 0.25) is 0 Å². The molecular weight excluding hydrogens is 268 g/mol. The van der Waals surface area contributed by atoms with Gasteiger partial charge in [-0.2, -0.15) is 12.7 Å². The second-order valence-corrected chi connectivity index (χ2v) is 6.55. The molecule has 0 aromatic rings. The first-order valence-corrected chi connectivity index (χ1v) is 8.26. The van der Waals surface area contributed by atoms with Crippen LogP contribution in [0.1, 0.15) is 19.8 Å². The fourth-order valence-electron chi connectivity index (χ4n) is 2.64. The SMILES string of the molecule is CCNS(=O)(=O)N1CCCC1C(=O)N1CCNCC1. The van der Waals surface area contributed by atoms with E-state index in [0.29, 0.717) is 32.6 Å². The van der Waals surface area contributed by atoms with Gasteiger partial charge < -0.3 is 10.2 Å². The summed E-state index contributed by atoms with van der Waals surface area (Å²) in [6.07, 6.45) is 1.36. The highest BCUT2D eigenvalue weighted by atomic mass is 32.2. The zero-order valence-corrected chi connectivity index (χ0v) is 12.1. The molecule has 19 heavy (non-hydrogen) atoms. The average molecular weight is 290 g/mol. The lowest BCUT2D eigenvalue weighted by Gasteiger charge is -2.32. The minimum Gasteiger partial charge on any atom is -0.339 e. The number of nitrogens with one attached hydrogen (secondary N) is 2. The van der Waals surface area contributed by atoms with Crippen LogP contribution in [0, 0.1) is 0 Å². The third kappa shape index (κ3) is 3.25. The third-order valence-corrected chi connectivity index (χ3v) is 5.26. The summed E-state index contributed by atoms with van der Waals surface area (Å²) in [4.78, 5) is 14.2. The lowest BCUT2D eigenvalue weighted by Crippen LogP contribution is -2.54. The zero-order valence-electron chi connectivity index (χ0n) is 11.3. The number of carbonyl (C=O) groups is 1. The van der Waals surface area contributed by atoms with Crippen molar-refractivity contribution in [2.45, 2.75) is 25.8 Å². The number of carbonyl (C=O) groups excluding carboxylic acids is 1. The number of rotatable bonds is 4. The maximum atomic E-state index is 12.4. The van der Waals surface area contributed by atoms with Gasteiger partial charge in [0.1, 0.15) is 6.04 Å². The Hall–Kier alpha value is -0.700. The van der Waals surface area contributed by atoms with Gasteiger partial charge in [-0.25, -0.2) is 4.72 Å². The molecule has 0 saturated carbocycles. The minimum atomic E-state index is -3.52. The number of piperazine rings is 1. The van der Waals surface area contributed by atoms with Gasteiger partial charge in [0, 0.05) is 39.3 Å². The van der Waals surface area contributed by atoms with E-state index in [1.54, 1.807) is 11.8 Å². The number of amides is 1. The summed E-state index contributed by atoms with van der Waals surface area (Å²) in [5.41, 5.74) is 0. The Morgan fingerprint density at radius 2 is 2.00 bits per heavy atom. The highest BCUT2D eigenvalue weighted by molar-refractivity contribution is 7.87. The van der Waals surface area contributed by atoms with E-state index in [0.717, 1.165) is 19.5 Å². The second kappa shape index (κ2) is 6.17. The molecule has 0 aromatic carbocycles. The maximum absolute atomic E-state index is 12.4. The highest BCUT2D eigenvalue weighted by Crippen LogP contribution is 2.22. The van der Waals surface area contributed by atoms with Crippen LogP contribution in [-0.2, 0) is 15.0 Å².